The fourth-order valence-corrected chi connectivity index (χ4v) is 3.49. The minimum absolute atomic E-state index is 0.242. The third-order valence-corrected chi connectivity index (χ3v) is 4.00. The van der Waals surface area contributed by atoms with Gasteiger partial charge in [-0.05, 0) is 51.3 Å². The van der Waals surface area contributed by atoms with Gasteiger partial charge in [0.15, 0.2) is 0 Å². The highest BCUT2D eigenvalue weighted by atomic mass is 16.5. The van der Waals surface area contributed by atoms with Crippen LogP contribution in [0.3, 0.4) is 0 Å². The second kappa shape index (κ2) is 6.25. The second-order valence-electron chi connectivity index (χ2n) is 6.30. The van der Waals surface area contributed by atoms with Gasteiger partial charge in [-0.3, -0.25) is 4.90 Å². The Hall–Kier alpha value is -0.900. The summed E-state index contributed by atoms with van der Waals surface area (Å²) in [5.41, 5.74) is 4.71. The standard InChI is InChI=1S/C17H27NO2/c1-11-6-12(2)17(13(3)7-11)16(19)10-18-8-14(4)20-15(5)9-18/h6-7,14-16,19H,8-10H2,1-5H3/t14-,15+,16?. The third-order valence-electron chi connectivity index (χ3n) is 4.00. The first-order valence-corrected chi connectivity index (χ1v) is 7.50. The van der Waals surface area contributed by atoms with Crippen LogP contribution in [0.1, 0.15) is 42.2 Å². The van der Waals surface area contributed by atoms with Crippen LogP contribution >= 0.6 is 0 Å². The quantitative estimate of drug-likeness (QED) is 0.922. The maximum absolute atomic E-state index is 10.6. The topological polar surface area (TPSA) is 32.7 Å². The number of hydrogen-bond donors (Lipinski definition) is 1. The lowest BCUT2D eigenvalue weighted by Crippen LogP contribution is -2.46. The summed E-state index contributed by atoms with van der Waals surface area (Å²) in [4.78, 5) is 2.31. The zero-order valence-electron chi connectivity index (χ0n) is 13.3. The van der Waals surface area contributed by atoms with E-state index in [1.165, 1.54) is 16.7 Å². The van der Waals surface area contributed by atoms with E-state index in [0.29, 0.717) is 6.54 Å². The molecule has 1 heterocycles. The minimum atomic E-state index is -0.423. The van der Waals surface area contributed by atoms with Gasteiger partial charge in [-0.1, -0.05) is 17.7 Å². The first kappa shape index (κ1) is 15.5. The molecule has 20 heavy (non-hydrogen) atoms. The van der Waals surface area contributed by atoms with Crippen molar-refractivity contribution in [3.63, 3.8) is 0 Å². The van der Waals surface area contributed by atoms with Crippen molar-refractivity contribution in [2.75, 3.05) is 19.6 Å². The lowest BCUT2D eigenvalue weighted by molar-refractivity contribution is -0.0767. The minimum Gasteiger partial charge on any atom is -0.387 e. The van der Waals surface area contributed by atoms with Crippen LogP contribution in [-0.2, 0) is 4.74 Å². The predicted octanol–water partition coefficient (Wildman–Crippen LogP) is 2.75. The van der Waals surface area contributed by atoms with Crippen molar-refractivity contribution in [2.45, 2.75) is 52.9 Å². The third kappa shape index (κ3) is 3.60. The van der Waals surface area contributed by atoms with Crippen molar-refractivity contribution < 1.29 is 9.84 Å². The average Bonchev–Trinajstić information content (AvgIpc) is 2.25. The smallest absolute Gasteiger partial charge is 0.0922 e. The predicted molar refractivity (Wildman–Crippen MR) is 82.1 cm³/mol. The van der Waals surface area contributed by atoms with Gasteiger partial charge in [0.05, 0.1) is 18.3 Å². The molecule has 1 aliphatic rings. The number of ether oxygens (including phenoxy) is 1. The summed E-state index contributed by atoms with van der Waals surface area (Å²) in [5, 5.41) is 10.6. The molecule has 0 bridgehead atoms. The van der Waals surface area contributed by atoms with Crippen LogP contribution in [0.4, 0.5) is 0 Å². The maximum atomic E-state index is 10.6. The maximum Gasteiger partial charge on any atom is 0.0922 e. The van der Waals surface area contributed by atoms with Gasteiger partial charge in [-0.25, -0.2) is 0 Å². The van der Waals surface area contributed by atoms with E-state index >= 15 is 0 Å². The number of aryl methyl sites for hydroxylation is 3. The van der Waals surface area contributed by atoms with Crippen molar-refractivity contribution in [3.8, 4) is 0 Å². The highest BCUT2D eigenvalue weighted by molar-refractivity contribution is 5.39. The molecule has 0 saturated carbocycles. The van der Waals surface area contributed by atoms with Gasteiger partial charge < -0.3 is 9.84 Å². The van der Waals surface area contributed by atoms with Crippen LogP contribution in [0.25, 0.3) is 0 Å². The number of β-amino-alcohol motifs (C(OH)–C–C–N with tert-alkyl or cyclic N) is 1. The molecule has 112 valence electrons. The highest BCUT2D eigenvalue weighted by Crippen LogP contribution is 2.25. The van der Waals surface area contributed by atoms with Crippen LogP contribution < -0.4 is 0 Å². The zero-order valence-corrected chi connectivity index (χ0v) is 13.3. The molecule has 1 unspecified atom stereocenters. The summed E-state index contributed by atoms with van der Waals surface area (Å²) >= 11 is 0. The van der Waals surface area contributed by atoms with E-state index in [1.807, 2.05) is 0 Å². The van der Waals surface area contributed by atoms with Crippen LogP contribution in [0, 0.1) is 20.8 Å². The van der Waals surface area contributed by atoms with E-state index < -0.39 is 6.10 Å². The Kier molecular flexibility index (Phi) is 4.84. The molecule has 0 aromatic heterocycles. The fourth-order valence-electron chi connectivity index (χ4n) is 3.49. The molecule has 0 radical (unpaired) electrons. The second-order valence-corrected chi connectivity index (χ2v) is 6.30. The average molecular weight is 277 g/mol. The number of rotatable bonds is 3. The summed E-state index contributed by atoms with van der Waals surface area (Å²) in [5.74, 6) is 0. The Bertz CT molecular complexity index is 439. The number of benzene rings is 1. The normalized spacial score (nSPS) is 25.7. The molecular weight excluding hydrogens is 250 g/mol. The molecule has 0 aliphatic carbocycles. The number of aliphatic hydroxyl groups excluding tert-OH is 1. The Morgan fingerprint density at radius 3 is 2.15 bits per heavy atom. The summed E-state index contributed by atoms with van der Waals surface area (Å²) < 4.78 is 5.74. The van der Waals surface area contributed by atoms with Crippen LogP contribution in [0.5, 0.6) is 0 Å². The van der Waals surface area contributed by atoms with Gasteiger partial charge in [0.1, 0.15) is 0 Å². The molecule has 2 rings (SSSR count). The Labute approximate surface area is 122 Å². The Morgan fingerprint density at radius 2 is 1.65 bits per heavy atom. The Balaban J connectivity index is 2.10. The SMILES string of the molecule is Cc1cc(C)c(C(O)CN2C[C@@H](C)O[C@@H](C)C2)c(C)c1. The molecule has 1 aromatic rings. The molecule has 1 saturated heterocycles. The van der Waals surface area contributed by atoms with Crippen molar-refractivity contribution >= 4 is 0 Å². The lowest BCUT2D eigenvalue weighted by atomic mass is 9.95. The summed E-state index contributed by atoms with van der Waals surface area (Å²) in [6.45, 7) is 12.9. The number of nitrogens with zero attached hydrogens (tertiary/aromatic N) is 1. The molecule has 1 N–H and O–H groups in total. The number of morpholine rings is 1. The molecule has 3 atom stereocenters. The van der Waals surface area contributed by atoms with E-state index in [-0.39, 0.29) is 12.2 Å². The van der Waals surface area contributed by atoms with Gasteiger partial charge in [0, 0.05) is 19.6 Å². The lowest BCUT2D eigenvalue weighted by Gasteiger charge is -2.36. The molecule has 0 amide bonds. The van der Waals surface area contributed by atoms with Gasteiger partial charge in [0.2, 0.25) is 0 Å². The highest BCUT2D eigenvalue weighted by Gasteiger charge is 2.25. The summed E-state index contributed by atoms with van der Waals surface area (Å²) in [6.07, 6.45) is 0.0606. The zero-order chi connectivity index (χ0) is 14.9. The van der Waals surface area contributed by atoms with E-state index in [2.05, 4.69) is 51.7 Å². The molecular formula is C17H27NO2. The summed E-state index contributed by atoms with van der Waals surface area (Å²) in [7, 11) is 0. The first-order valence-electron chi connectivity index (χ1n) is 7.50. The monoisotopic (exact) mass is 277 g/mol. The fraction of sp³-hybridized carbons (Fsp3) is 0.647. The van der Waals surface area contributed by atoms with Crippen molar-refractivity contribution in [3.05, 3.63) is 34.4 Å². The number of aliphatic hydroxyl groups is 1. The summed E-state index contributed by atoms with van der Waals surface area (Å²) in [6, 6.07) is 4.30. The van der Waals surface area contributed by atoms with Gasteiger partial charge >= 0.3 is 0 Å². The first-order chi connectivity index (χ1) is 9.36. The molecule has 3 nitrogen and oxygen atoms in total. The largest absolute Gasteiger partial charge is 0.387 e. The van der Waals surface area contributed by atoms with E-state index in [0.717, 1.165) is 18.7 Å². The molecule has 0 spiro atoms. The molecule has 1 aliphatic heterocycles. The van der Waals surface area contributed by atoms with Crippen LogP contribution in [0.2, 0.25) is 0 Å². The van der Waals surface area contributed by atoms with Crippen LogP contribution in [-0.4, -0.2) is 41.8 Å². The van der Waals surface area contributed by atoms with Crippen molar-refractivity contribution in [1.82, 2.24) is 4.90 Å². The van der Waals surface area contributed by atoms with Gasteiger partial charge in [0.25, 0.3) is 0 Å². The van der Waals surface area contributed by atoms with E-state index in [1.54, 1.807) is 0 Å². The molecule has 1 aromatic carbocycles. The van der Waals surface area contributed by atoms with Crippen LogP contribution in [0.15, 0.2) is 12.1 Å². The number of hydrogen-bond acceptors (Lipinski definition) is 3. The van der Waals surface area contributed by atoms with Crippen molar-refractivity contribution in [1.29, 1.82) is 0 Å². The van der Waals surface area contributed by atoms with Crippen molar-refractivity contribution in [2.24, 2.45) is 0 Å². The van der Waals surface area contributed by atoms with E-state index in [4.69, 9.17) is 4.74 Å². The van der Waals surface area contributed by atoms with E-state index in [9.17, 15) is 5.11 Å². The Morgan fingerprint density at radius 1 is 1.15 bits per heavy atom. The van der Waals surface area contributed by atoms with Gasteiger partial charge in [-0.15, -0.1) is 0 Å². The van der Waals surface area contributed by atoms with Gasteiger partial charge in [-0.2, -0.15) is 0 Å². The molecule has 1 fully saturated rings. The molecule has 3 heteroatoms.